The number of nitrogens with two attached hydrogens (primary N) is 1. The number of aliphatic imine (C=N–C) groups is 1. The Morgan fingerprint density at radius 1 is 1.56 bits per heavy atom. The molecule has 0 saturated carbocycles. The Labute approximate surface area is 93.7 Å². The summed E-state index contributed by atoms with van der Waals surface area (Å²) in [6, 6.07) is 3.96. The lowest BCUT2D eigenvalue weighted by Crippen LogP contribution is -2.55. The molecule has 1 unspecified atom stereocenters. The number of likely N-dealkylation sites (N-methyl/N-ethyl adjacent to an activating group) is 1. The van der Waals surface area contributed by atoms with Crippen molar-refractivity contribution in [3.63, 3.8) is 0 Å². The van der Waals surface area contributed by atoms with Gasteiger partial charge < -0.3 is 4.90 Å². The van der Waals surface area contributed by atoms with E-state index in [4.69, 9.17) is 5.73 Å². The van der Waals surface area contributed by atoms with E-state index in [-0.39, 0.29) is 0 Å². The Kier molecular flexibility index (Phi) is 1.75. The number of hydrogen-bond donors (Lipinski definition) is 2. The van der Waals surface area contributed by atoms with Gasteiger partial charge in [0.25, 0.3) is 0 Å². The van der Waals surface area contributed by atoms with E-state index in [2.05, 4.69) is 20.3 Å². The highest BCUT2D eigenvalue weighted by Crippen LogP contribution is 2.31. The zero-order chi connectivity index (χ0) is 11.3. The predicted molar refractivity (Wildman–Crippen MR) is 63.1 cm³/mol. The van der Waals surface area contributed by atoms with Crippen molar-refractivity contribution in [1.29, 1.82) is 0 Å². The molecule has 0 bridgehead atoms. The second kappa shape index (κ2) is 2.93. The second-order valence-corrected chi connectivity index (χ2v) is 4.32. The monoisotopic (exact) mass is 218 g/mol. The SMILES string of the molecule is CN1CC2=NC(C)(N)NN2c2ncccc21. The predicted octanol–water partition coefficient (Wildman–Crippen LogP) is -0.113. The van der Waals surface area contributed by atoms with Gasteiger partial charge in [-0.05, 0) is 19.1 Å². The van der Waals surface area contributed by atoms with E-state index < -0.39 is 5.79 Å². The van der Waals surface area contributed by atoms with E-state index in [0.717, 1.165) is 23.9 Å². The van der Waals surface area contributed by atoms with Crippen molar-refractivity contribution in [2.24, 2.45) is 10.7 Å². The molecule has 0 amide bonds. The topological polar surface area (TPSA) is 69.8 Å². The molecule has 1 atom stereocenters. The molecule has 0 aromatic carbocycles. The van der Waals surface area contributed by atoms with Gasteiger partial charge >= 0.3 is 0 Å². The highest BCUT2D eigenvalue weighted by molar-refractivity contribution is 6.06. The summed E-state index contributed by atoms with van der Waals surface area (Å²) in [5, 5.41) is 1.87. The summed E-state index contributed by atoms with van der Waals surface area (Å²) in [5.41, 5.74) is 10.2. The van der Waals surface area contributed by atoms with Crippen LogP contribution < -0.4 is 21.1 Å². The smallest absolute Gasteiger partial charge is 0.178 e. The summed E-state index contributed by atoms with van der Waals surface area (Å²) in [6.45, 7) is 2.57. The molecule has 1 aromatic rings. The van der Waals surface area contributed by atoms with Gasteiger partial charge in [-0.25, -0.2) is 15.0 Å². The summed E-state index contributed by atoms with van der Waals surface area (Å²) in [5.74, 6) is 1.01. The zero-order valence-corrected chi connectivity index (χ0v) is 9.31. The van der Waals surface area contributed by atoms with Crippen molar-refractivity contribution >= 4 is 17.3 Å². The van der Waals surface area contributed by atoms with Gasteiger partial charge in [0.05, 0.1) is 12.2 Å². The van der Waals surface area contributed by atoms with E-state index in [1.807, 2.05) is 31.1 Å². The summed E-state index contributed by atoms with van der Waals surface area (Å²) in [6.07, 6.45) is 1.77. The van der Waals surface area contributed by atoms with Crippen LogP contribution in [0.2, 0.25) is 0 Å². The number of hydrazine groups is 1. The lowest BCUT2D eigenvalue weighted by molar-refractivity contribution is 0.422. The fourth-order valence-electron chi connectivity index (χ4n) is 2.07. The summed E-state index contributed by atoms with van der Waals surface area (Å²) < 4.78 is 0. The van der Waals surface area contributed by atoms with Crippen LogP contribution in [-0.2, 0) is 0 Å². The third kappa shape index (κ3) is 1.27. The molecule has 3 heterocycles. The quantitative estimate of drug-likeness (QED) is 0.635. The number of nitrogens with one attached hydrogen (secondary N) is 1. The number of rotatable bonds is 0. The van der Waals surface area contributed by atoms with Crippen molar-refractivity contribution < 1.29 is 0 Å². The van der Waals surface area contributed by atoms with Gasteiger partial charge in [-0.2, -0.15) is 5.43 Å². The van der Waals surface area contributed by atoms with Gasteiger partial charge in [-0.1, -0.05) is 0 Å². The van der Waals surface area contributed by atoms with E-state index in [1.165, 1.54) is 0 Å². The van der Waals surface area contributed by atoms with E-state index in [9.17, 15) is 0 Å². The first-order valence-corrected chi connectivity index (χ1v) is 5.18. The number of fused-ring (bicyclic) bond motifs is 3. The molecule has 6 heteroatoms. The maximum atomic E-state index is 5.95. The Hall–Kier alpha value is -1.66. The van der Waals surface area contributed by atoms with Crippen LogP contribution in [0.4, 0.5) is 11.5 Å². The fraction of sp³-hybridized carbons (Fsp3) is 0.400. The van der Waals surface area contributed by atoms with Crippen molar-refractivity contribution in [2.75, 3.05) is 23.5 Å². The maximum Gasteiger partial charge on any atom is 0.178 e. The van der Waals surface area contributed by atoms with Crippen LogP contribution >= 0.6 is 0 Å². The molecule has 2 aliphatic rings. The third-order valence-electron chi connectivity index (χ3n) is 2.73. The molecule has 0 fully saturated rings. The van der Waals surface area contributed by atoms with E-state index in [1.54, 1.807) is 6.20 Å². The Bertz CT molecular complexity index is 466. The number of pyridine rings is 1. The van der Waals surface area contributed by atoms with Gasteiger partial charge in [-0.15, -0.1) is 0 Å². The van der Waals surface area contributed by atoms with Gasteiger partial charge in [0.1, 0.15) is 5.84 Å². The van der Waals surface area contributed by atoms with Crippen LogP contribution in [0.3, 0.4) is 0 Å². The van der Waals surface area contributed by atoms with Crippen LogP contribution in [0.1, 0.15) is 6.92 Å². The molecule has 2 aliphatic heterocycles. The normalized spacial score (nSPS) is 27.6. The number of amidine groups is 1. The minimum atomic E-state index is -0.741. The lowest BCUT2D eigenvalue weighted by Gasteiger charge is -2.33. The van der Waals surface area contributed by atoms with Crippen molar-refractivity contribution in [3.8, 4) is 0 Å². The van der Waals surface area contributed by atoms with Gasteiger partial charge in [-0.3, -0.25) is 5.73 Å². The molecule has 0 spiro atoms. The lowest BCUT2D eigenvalue weighted by atomic mass is 10.2. The first-order valence-electron chi connectivity index (χ1n) is 5.18. The van der Waals surface area contributed by atoms with E-state index >= 15 is 0 Å². The average molecular weight is 218 g/mol. The second-order valence-electron chi connectivity index (χ2n) is 4.32. The van der Waals surface area contributed by atoms with Crippen LogP contribution in [0.25, 0.3) is 0 Å². The molecule has 0 aliphatic carbocycles. The minimum Gasteiger partial charge on any atom is -0.364 e. The van der Waals surface area contributed by atoms with Gasteiger partial charge in [0.2, 0.25) is 0 Å². The van der Waals surface area contributed by atoms with Gasteiger partial charge in [0.15, 0.2) is 11.6 Å². The first kappa shape index (κ1) is 9.56. The van der Waals surface area contributed by atoms with Crippen LogP contribution in [0.15, 0.2) is 23.3 Å². The molecule has 3 N–H and O–H groups in total. The van der Waals surface area contributed by atoms with Crippen LogP contribution in [0.5, 0.6) is 0 Å². The molecule has 84 valence electrons. The molecule has 0 radical (unpaired) electrons. The molecule has 3 rings (SSSR count). The standard InChI is InChI=1S/C10H14N6/c1-10(11)13-8-6-15(2)7-4-3-5-12-9(7)16(8)14-10/h3-5,14H,6,11H2,1-2H3. The van der Waals surface area contributed by atoms with Gasteiger partial charge in [0, 0.05) is 13.2 Å². The van der Waals surface area contributed by atoms with Crippen molar-refractivity contribution in [2.45, 2.75) is 12.7 Å². The number of hydrogen-bond acceptors (Lipinski definition) is 6. The fourth-order valence-corrected chi connectivity index (χ4v) is 2.07. The summed E-state index contributed by atoms with van der Waals surface area (Å²) in [7, 11) is 2.02. The number of nitrogens with zero attached hydrogens (tertiary/aromatic N) is 4. The number of anilines is 2. The van der Waals surface area contributed by atoms with Crippen LogP contribution in [-0.4, -0.2) is 30.2 Å². The number of aromatic nitrogens is 1. The first-order chi connectivity index (χ1) is 7.57. The molecule has 16 heavy (non-hydrogen) atoms. The minimum absolute atomic E-state index is 0.735. The van der Waals surface area contributed by atoms with E-state index in [0.29, 0.717) is 0 Å². The third-order valence-corrected chi connectivity index (χ3v) is 2.73. The average Bonchev–Trinajstić information content (AvgIpc) is 2.53. The Morgan fingerprint density at radius 2 is 2.38 bits per heavy atom. The Morgan fingerprint density at radius 3 is 3.19 bits per heavy atom. The highest BCUT2D eigenvalue weighted by Gasteiger charge is 2.37. The summed E-state index contributed by atoms with van der Waals surface area (Å²) in [4.78, 5) is 10.9. The molecule has 0 saturated heterocycles. The zero-order valence-electron chi connectivity index (χ0n) is 9.31. The molecular weight excluding hydrogens is 204 g/mol. The summed E-state index contributed by atoms with van der Waals surface area (Å²) >= 11 is 0. The molecule has 1 aromatic heterocycles. The Balaban J connectivity index is 2.11. The largest absolute Gasteiger partial charge is 0.364 e. The molecule has 6 nitrogen and oxygen atoms in total. The van der Waals surface area contributed by atoms with Crippen molar-refractivity contribution in [3.05, 3.63) is 18.3 Å². The highest BCUT2D eigenvalue weighted by atomic mass is 15.7. The van der Waals surface area contributed by atoms with Crippen molar-refractivity contribution in [1.82, 2.24) is 10.4 Å². The molecular formula is C10H14N6. The maximum absolute atomic E-state index is 5.95. The van der Waals surface area contributed by atoms with Crippen LogP contribution in [0, 0.1) is 0 Å².